The molecule has 0 aromatic rings. The minimum absolute atomic E-state index is 0.173. The monoisotopic (exact) mass is 214 g/mol. The first-order valence-electron chi connectivity index (χ1n) is 5.82. The Hall–Kier alpha value is -0.610. The lowest BCUT2D eigenvalue weighted by Gasteiger charge is -2.10. The van der Waals surface area contributed by atoms with Crippen molar-refractivity contribution in [2.24, 2.45) is 0 Å². The zero-order valence-electron chi connectivity index (χ0n) is 9.55. The van der Waals surface area contributed by atoms with Gasteiger partial charge in [0.15, 0.2) is 0 Å². The summed E-state index contributed by atoms with van der Waals surface area (Å²) in [5.41, 5.74) is 0. The van der Waals surface area contributed by atoms with E-state index in [1.165, 1.54) is 6.42 Å². The third-order valence-electron chi connectivity index (χ3n) is 2.69. The summed E-state index contributed by atoms with van der Waals surface area (Å²) in [6, 6.07) is 0.406. The lowest BCUT2D eigenvalue weighted by molar-refractivity contribution is -0.121. The molecule has 4 nitrogen and oxygen atoms in total. The number of carbonyl (C=O) groups excluding carboxylic acids is 1. The molecule has 2 N–H and O–H groups in total. The fourth-order valence-electron chi connectivity index (χ4n) is 1.83. The summed E-state index contributed by atoms with van der Waals surface area (Å²) in [7, 11) is 1.70. The molecule has 0 radical (unpaired) electrons. The first kappa shape index (κ1) is 12.5. The van der Waals surface area contributed by atoms with Gasteiger partial charge in [-0.1, -0.05) is 0 Å². The maximum Gasteiger partial charge on any atom is 0.221 e. The molecule has 1 heterocycles. The van der Waals surface area contributed by atoms with Crippen molar-refractivity contribution in [2.75, 3.05) is 26.8 Å². The molecule has 1 rings (SSSR count). The summed E-state index contributed by atoms with van der Waals surface area (Å²) in [5, 5.41) is 6.25. The second kappa shape index (κ2) is 7.65. The minimum Gasteiger partial charge on any atom is -0.385 e. The van der Waals surface area contributed by atoms with E-state index in [0.717, 1.165) is 39.0 Å². The van der Waals surface area contributed by atoms with Crippen LogP contribution >= 0.6 is 0 Å². The van der Waals surface area contributed by atoms with Crippen LogP contribution in [0.1, 0.15) is 32.1 Å². The van der Waals surface area contributed by atoms with E-state index in [0.29, 0.717) is 12.5 Å². The predicted octanol–water partition coefficient (Wildman–Crippen LogP) is 0.671. The molecule has 0 aromatic carbocycles. The van der Waals surface area contributed by atoms with Gasteiger partial charge in [-0.05, 0) is 32.2 Å². The van der Waals surface area contributed by atoms with Crippen LogP contribution in [-0.2, 0) is 9.53 Å². The molecule has 4 heteroatoms. The van der Waals surface area contributed by atoms with E-state index in [9.17, 15) is 4.79 Å². The van der Waals surface area contributed by atoms with Crippen molar-refractivity contribution in [3.63, 3.8) is 0 Å². The van der Waals surface area contributed by atoms with Crippen molar-refractivity contribution in [3.05, 3.63) is 0 Å². The first-order chi connectivity index (χ1) is 7.33. The van der Waals surface area contributed by atoms with Crippen molar-refractivity contribution in [2.45, 2.75) is 38.1 Å². The molecule has 88 valence electrons. The van der Waals surface area contributed by atoms with Crippen molar-refractivity contribution >= 4 is 5.91 Å². The highest BCUT2D eigenvalue weighted by atomic mass is 16.5. The standard InChI is InChI=1S/C11H22N2O2/c1-15-8-3-2-6-13-11(14)9-10-5-4-7-12-10/h10,12H,2-9H2,1H3,(H,13,14). The highest BCUT2D eigenvalue weighted by molar-refractivity contribution is 5.76. The zero-order chi connectivity index (χ0) is 10.9. The van der Waals surface area contributed by atoms with Crippen molar-refractivity contribution in [1.82, 2.24) is 10.6 Å². The topological polar surface area (TPSA) is 50.4 Å². The van der Waals surface area contributed by atoms with Gasteiger partial charge in [0, 0.05) is 32.7 Å². The normalized spacial score (nSPS) is 20.5. The quantitative estimate of drug-likeness (QED) is 0.612. The molecule has 1 unspecified atom stereocenters. The Kier molecular flexibility index (Phi) is 6.36. The molecule has 0 bridgehead atoms. The fourth-order valence-corrected chi connectivity index (χ4v) is 1.83. The smallest absolute Gasteiger partial charge is 0.221 e. The Morgan fingerprint density at radius 2 is 2.40 bits per heavy atom. The Morgan fingerprint density at radius 1 is 1.53 bits per heavy atom. The summed E-state index contributed by atoms with van der Waals surface area (Å²) in [6.07, 6.45) is 4.98. The number of methoxy groups -OCH3 is 1. The van der Waals surface area contributed by atoms with E-state index in [4.69, 9.17) is 4.74 Å². The van der Waals surface area contributed by atoms with Gasteiger partial charge in [-0.3, -0.25) is 4.79 Å². The summed E-state index contributed by atoms with van der Waals surface area (Å²) in [4.78, 5) is 11.4. The molecule has 0 spiro atoms. The van der Waals surface area contributed by atoms with Crippen LogP contribution in [0, 0.1) is 0 Å². The van der Waals surface area contributed by atoms with Gasteiger partial charge in [-0.2, -0.15) is 0 Å². The van der Waals surface area contributed by atoms with Crippen molar-refractivity contribution in [1.29, 1.82) is 0 Å². The minimum atomic E-state index is 0.173. The number of ether oxygens (including phenoxy) is 1. The Morgan fingerprint density at radius 3 is 3.07 bits per heavy atom. The molecule has 0 aromatic heterocycles. The molecule has 0 aliphatic carbocycles. The Labute approximate surface area is 91.8 Å². The number of amides is 1. The van der Waals surface area contributed by atoms with E-state index in [-0.39, 0.29) is 5.91 Å². The molecule has 0 saturated carbocycles. The first-order valence-corrected chi connectivity index (χ1v) is 5.82. The molecule has 1 saturated heterocycles. The van der Waals surface area contributed by atoms with Crippen LogP contribution < -0.4 is 10.6 Å². The number of hydrogen-bond donors (Lipinski definition) is 2. The molecule has 1 aliphatic rings. The third kappa shape index (κ3) is 5.74. The summed E-state index contributed by atoms with van der Waals surface area (Å²) < 4.78 is 4.93. The van der Waals surface area contributed by atoms with Gasteiger partial charge in [0.25, 0.3) is 0 Å². The molecule has 1 fully saturated rings. The maximum absolute atomic E-state index is 11.4. The Balaban J connectivity index is 1.93. The number of hydrogen-bond acceptors (Lipinski definition) is 3. The number of nitrogens with one attached hydrogen (secondary N) is 2. The van der Waals surface area contributed by atoms with Crippen LogP contribution in [-0.4, -0.2) is 38.8 Å². The highest BCUT2D eigenvalue weighted by Crippen LogP contribution is 2.07. The van der Waals surface area contributed by atoms with E-state index < -0.39 is 0 Å². The summed E-state index contributed by atoms with van der Waals surface area (Å²) in [6.45, 7) is 2.61. The SMILES string of the molecule is COCCCCNC(=O)CC1CCCN1. The summed E-state index contributed by atoms with van der Waals surface area (Å²) >= 11 is 0. The summed E-state index contributed by atoms with van der Waals surface area (Å²) in [5.74, 6) is 0.173. The van der Waals surface area contributed by atoms with Gasteiger partial charge in [0.2, 0.25) is 5.91 Å². The van der Waals surface area contributed by atoms with Gasteiger partial charge in [-0.25, -0.2) is 0 Å². The van der Waals surface area contributed by atoms with Crippen LogP contribution in [0.3, 0.4) is 0 Å². The van der Waals surface area contributed by atoms with Crippen molar-refractivity contribution < 1.29 is 9.53 Å². The largest absolute Gasteiger partial charge is 0.385 e. The Bertz CT molecular complexity index is 179. The molecule has 1 atom stereocenters. The maximum atomic E-state index is 11.4. The van der Waals surface area contributed by atoms with Crippen molar-refractivity contribution in [3.8, 4) is 0 Å². The average molecular weight is 214 g/mol. The van der Waals surface area contributed by atoms with E-state index in [1.54, 1.807) is 7.11 Å². The van der Waals surface area contributed by atoms with Gasteiger partial charge in [0.05, 0.1) is 0 Å². The lowest BCUT2D eigenvalue weighted by atomic mass is 10.1. The van der Waals surface area contributed by atoms with E-state index in [2.05, 4.69) is 10.6 Å². The zero-order valence-corrected chi connectivity index (χ0v) is 9.55. The molecule has 1 aliphatic heterocycles. The highest BCUT2D eigenvalue weighted by Gasteiger charge is 2.16. The van der Waals surface area contributed by atoms with Crippen LogP contribution in [0.15, 0.2) is 0 Å². The van der Waals surface area contributed by atoms with Gasteiger partial charge >= 0.3 is 0 Å². The third-order valence-corrected chi connectivity index (χ3v) is 2.69. The van der Waals surface area contributed by atoms with E-state index in [1.807, 2.05) is 0 Å². The number of unbranched alkanes of at least 4 members (excludes halogenated alkanes) is 1. The second-order valence-corrected chi connectivity index (χ2v) is 4.05. The molecule has 15 heavy (non-hydrogen) atoms. The predicted molar refractivity (Wildman–Crippen MR) is 59.8 cm³/mol. The van der Waals surface area contributed by atoms with E-state index >= 15 is 0 Å². The van der Waals surface area contributed by atoms with Gasteiger partial charge in [-0.15, -0.1) is 0 Å². The fraction of sp³-hybridized carbons (Fsp3) is 0.909. The van der Waals surface area contributed by atoms with Crippen LogP contribution in [0.25, 0.3) is 0 Å². The molecular formula is C11H22N2O2. The van der Waals surface area contributed by atoms with Crippen LogP contribution in [0.4, 0.5) is 0 Å². The van der Waals surface area contributed by atoms with Gasteiger partial charge < -0.3 is 15.4 Å². The second-order valence-electron chi connectivity index (χ2n) is 4.05. The van der Waals surface area contributed by atoms with Crippen LogP contribution in [0.5, 0.6) is 0 Å². The molecular weight excluding hydrogens is 192 g/mol. The average Bonchev–Trinajstić information content (AvgIpc) is 2.70. The van der Waals surface area contributed by atoms with Gasteiger partial charge in [0.1, 0.15) is 0 Å². The van der Waals surface area contributed by atoms with Crippen LogP contribution in [0.2, 0.25) is 0 Å². The lowest BCUT2D eigenvalue weighted by Crippen LogP contribution is -2.32. The number of rotatable bonds is 7. The number of carbonyl (C=O) groups is 1. The molecule has 1 amide bonds.